The molecule has 4 heteroatoms. The molecule has 0 radical (unpaired) electrons. The maximum Gasteiger partial charge on any atom is 0.0552 e. The van der Waals surface area contributed by atoms with Gasteiger partial charge in [-0.05, 0) is 6.92 Å². The fraction of sp³-hybridized carbons (Fsp3) is 0.500. The molecule has 0 heterocycles. The van der Waals surface area contributed by atoms with Gasteiger partial charge in [0, 0.05) is 0 Å². The second-order valence-corrected chi connectivity index (χ2v) is 1.51. The van der Waals surface area contributed by atoms with Gasteiger partial charge >= 0.3 is 0 Å². The first-order valence-electron chi connectivity index (χ1n) is 2.24. The van der Waals surface area contributed by atoms with Crippen LogP contribution in [0.4, 0.5) is 0 Å². The molecule has 8 heavy (non-hydrogen) atoms. The van der Waals surface area contributed by atoms with Crippen LogP contribution in [0.2, 0.25) is 0 Å². The Kier molecular flexibility index (Phi) is 3.56. The third kappa shape index (κ3) is 4.94. The van der Waals surface area contributed by atoms with E-state index in [-0.39, 0.29) is 0 Å². The minimum Gasteiger partial charge on any atom is -0.303 e. The van der Waals surface area contributed by atoms with Crippen molar-refractivity contribution in [2.45, 2.75) is 6.92 Å². The molecule has 0 bridgehead atoms. The van der Waals surface area contributed by atoms with E-state index in [1.54, 1.807) is 0 Å². The highest BCUT2D eigenvalue weighted by atomic mass is 15.5. The molecule has 0 aromatic carbocycles. The zero-order valence-corrected chi connectivity index (χ0v) is 4.89. The highest BCUT2D eigenvalue weighted by Gasteiger charge is 1.77. The standard InChI is InChI=1S/C4H10N4/c1-4(2)3-6-8-7-5/h1,3H2,2H3,(H2,5,8)(H,6,7). The van der Waals surface area contributed by atoms with Crippen molar-refractivity contribution in [3.05, 3.63) is 12.2 Å². The van der Waals surface area contributed by atoms with Crippen LogP contribution in [0.15, 0.2) is 22.6 Å². The smallest absolute Gasteiger partial charge is 0.0552 e. The SMILES string of the molecule is C=C(C)CN/N=N\N. The van der Waals surface area contributed by atoms with Gasteiger partial charge in [-0.1, -0.05) is 22.6 Å². The van der Waals surface area contributed by atoms with E-state index < -0.39 is 0 Å². The first kappa shape index (κ1) is 6.94. The average molecular weight is 114 g/mol. The normalized spacial score (nSPS) is 9.62. The van der Waals surface area contributed by atoms with Crippen LogP contribution in [-0.4, -0.2) is 6.54 Å². The van der Waals surface area contributed by atoms with E-state index in [0.717, 1.165) is 5.57 Å². The van der Waals surface area contributed by atoms with Gasteiger partial charge in [-0.3, -0.25) is 5.43 Å². The Labute approximate surface area is 48.4 Å². The van der Waals surface area contributed by atoms with Gasteiger partial charge in [0.1, 0.15) is 0 Å². The highest BCUT2D eigenvalue weighted by molar-refractivity contribution is 4.89. The van der Waals surface area contributed by atoms with Gasteiger partial charge in [-0.25, -0.2) is 0 Å². The lowest BCUT2D eigenvalue weighted by Crippen LogP contribution is -2.07. The van der Waals surface area contributed by atoms with Crippen LogP contribution in [0, 0.1) is 0 Å². The van der Waals surface area contributed by atoms with E-state index in [0.29, 0.717) is 6.54 Å². The first-order chi connectivity index (χ1) is 3.77. The second kappa shape index (κ2) is 4.11. The average Bonchev–Trinajstić information content (AvgIpc) is 1.66. The summed E-state index contributed by atoms with van der Waals surface area (Å²) >= 11 is 0. The van der Waals surface area contributed by atoms with Crippen molar-refractivity contribution in [2.75, 3.05) is 6.54 Å². The van der Waals surface area contributed by atoms with Crippen LogP contribution in [0.25, 0.3) is 0 Å². The molecular weight excluding hydrogens is 104 g/mol. The van der Waals surface area contributed by atoms with Crippen LogP contribution < -0.4 is 11.3 Å². The minimum absolute atomic E-state index is 0.626. The van der Waals surface area contributed by atoms with E-state index >= 15 is 0 Å². The molecule has 0 spiro atoms. The van der Waals surface area contributed by atoms with Crippen molar-refractivity contribution in [3.63, 3.8) is 0 Å². The summed E-state index contributed by atoms with van der Waals surface area (Å²) in [4.78, 5) is 0. The molecule has 0 saturated carbocycles. The van der Waals surface area contributed by atoms with Gasteiger partial charge in [0.05, 0.1) is 6.54 Å². The lowest BCUT2D eigenvalue weighted by atomic mass is 10.4. The summed E-state index contributed by atoms with van der Waals surface area (Å²) in [5, 5.41) is 6.28. The third-order valence-corrected chi connectivity index (χ3v) is 0.509. The number of nitrogens with zero attached hydrogens (tertiary/aromatic N) is 2. The van der Waals surface area contributed by atoms with E-state index in [2.05, 4.69) is 28.3 Å². The molecule has 0 aliphatic heterocycles. The van der Waals surface area contributed by atoms with Crippen LogP contribution in [0.5, 0.6) is 0 Å². The Bertz CT molecular complexity index is 96.2. The molecule has 3 N–H and O–H groups in total. The molecule has 0 aliphatic carbocycles. The van der Waals surface area contributed by atoms with E-state index in [9.17, 15) is 0 Å². The van der Waals surface area contributed by atoms with Gasteiger partial charge in [-0.2, -0.15) is 0 Å². The van der Waals surface area contributed by atoms with Crippen molar-refractivity contribution in [2.24, 2.45) is 16.3 Å². The predicted octanol–water partition coefficient (Wildman–Crippen LogP) is 0.393. The monoisotopic (exact) mass is 114 g/mol. The molecule has 0 aromatic rings. The van der Waals surface area contributed by atoms with Gasteiger partial charge < -0.3 is 5.84 Å². The van der Waals surface area contributed by atoms with Crippen molar-refractivity contribution in [1.82, 2.24) is 5.43 Å². The quantitative estimate of drug-likeness (QED) is 0.241. The fourth-order valence-corrected chi connectivity index (χ4v) is 0.211. The Morgan fingerprint density at radius 3 is 2.88 bits per heavy atom. The molecular formula is C4H10N4. The number of hydrogen-bond donors (Lipinski definition) is 2. The molecule has 0 saturated heterocycles. The van der Waals surface area contributed by atoms with Crippen LogP contribution in [-0.2, 0) is 0 Å². The lowest BCUT2D eigenvalue weighted by molar-refractivity contribution is 0.720. The van der Waals surface area contributed by atoms with Crippen molar-refractivity contribution in [3.8, 4) is 0 Å². The number of nitrogens with two attached hydrogens (primary N) is 1. The molecule has 46 valence electrons. The third-order valence-electron chi connectivity index (χ3n) is 0.509. The van der Waals surface area contributed by atoms with Gasteiger partial charge in [-0.15, -0.1) is 0 Å². The Morgan fingerprint density at radius 2 is 2.50 bits per heavy atom. The zero-order chi connectivity index (χ0) is 6.41. The Hall–Kier alpha value is -1.06. The first-order valence-corrected chi connectivity index (χ1v) is 2.24. The van der Waals surface area contributed by atoms with Crippen molar-refractivity contribution < 1.29 is 0 Å². The Morgan fingerprint density at radius 1 is 1.88 bits per heavy atom. The summed E-state index contributed by atoms with van der Waals surface area (Å²) in [5.41, 5.74) is 3.57. The topological polar surface area (TPSA) is 62.8 Å². The summed E-state index contributed by atoms with van der Waals surface area (Å²) in [6.07, 6.45) is 0. The minimum atomic E-state index is 0.626. The van der Waals surface area contributed by atoms with Crippen molar-refractivity contribution in [1.29, 1.82) is 0 Å². The van der Waals surface area contributed by atoms with Crippen LogP contribution in [0.3, 0.4) is 0 Å². The molecule has 0 unspecified atom stereocenters. The van der Waals surface area contributed by atoms with Gasteiger partial charge in [0.15, 0.2) is 0 Å². The molecule has 0 rings (SSSR count). The summed E-state index contributed by atoms with van der Waals surface area (Å²) in [5.74, 6) is 4.68. The van der Waals surface area contributed by atoms with Crippen LogP contribution in [0.1, 0.15) is 6.92 Å². The summed E-state index contributed by atoms with van der Waals surface area (Å²) < 4.78 is 0. The molecule has 0 aliphatic rings. The van der Waals surface area contributed by atoms with Crippen molar-refractivity contribution >= 4 is 0 Å². The molecule has 0 atom stereocenters. The summed E-state index contributed by atoms with van der Waals surface area (Å²) in [6.45, 7) is 6.14. The van der Waals surface area contributed by atoms with Crippen LogP contribution >= 0.6 is 0 Å². The summed E-state index contributed by atoms with van der Waals surface area (Å²) in [7, 11) is 0. The van der Waals surface area contributed by atoms with Gasteiger partial charge in [0.2, 0.25) is 0 Å². The maximum absolute atomic E-state index is 4.68. The largest absolute Gasteiger partial charge is 0.303 e. The van der Waals surface area contributed by atoms with E-state index in [1.807, 2.05) is 6.92 Å². The van der Waals surface area contributed by atoms with E-state index in [1.165, 1.54) is 0 Å². The molecule has 0 aromatic heterocycles. The fourth-order valence-electron chi connectivity index (χ4n) is 0.211. The highest BCUT2D eigenvalue weighted by Crippen LogP contribution is 1.79. The molecule has 4 nitrogen and oxygen atoms in total. The number of hydrogen-bond acceptors (Lipinski definition) is 2. The summed E-state index contributed by atoms with van der Waals surface area (Å²) in [6, 6.07) is 0. The van der Waals surface area contributed by atoms with E-state index in [4.69, 9.17) is 0 Å². The molecule has 0 fully saturated rings. The second-order valence-electron chi connectivity index (χ2n) is 1.51. The lowest BCUT2D eigenvalue weighted by Gasteiger charge is -1.93. The Balaban J connectivity index is 3.05. The number of rotatable bonds is 3. The van der Waals surface area contributed by atoms with Gasteiger partial charge in [0.25, 0.3) is 0 Å². The molecule has 0 amide bonds. The number of nitrogens with one attached hydrogen (secondary N) is 1. The maximum atomic E-state index is 4.68. The predicted molar refractivity (Wildman–Crippen MR) is 31.9 cm³/mol. The zero-order valence-electron chi connectivity index (χ0n) is 4.89.